The van der Waals surface area contributed by atoms with E-state index < -0.39 is 5.97 Å². The van der Waals surface area contributed by atoms with Crippen LogP contribution < -0.4 is 4.74 Å². The molecule has 1 fully saturated rings. The molecule has 0 bridgehead atoms. The van der Waals surface area contributed by atoms with Gasteiger partial charge in [-0.1, -0.05) is 24.6 Å². The first-order valence-corrected chi connectivity index (χ1v) is 8.84. The van der Waals surface area contributed by atoms with E-state index in [4.69, 9.17) is 9.84 Å². The van der Waals surface area contributed by atoms with Crippen LogP contribution in [-0.2, 0) is 9.59 Å². The SMILES string of the molecule is CCN(CC(=O)O)C1CCN(C(=O)COc2ccc(C)cc2C)CC1. The quantitative estimate of drug-likeness (QED) is 0.817. The molecule has 1 aliphatic heterocycles. The third-order valence-corrected chi connectivity index (χ3v) is 4.76. The molecule has 0 atom stereocenters. The number of carbonyl (C=O) groups excluding carboxylic acids is 1. The lowest BCUT2D eigenvalue weighted by Gasteiger charge is -2.37. The first-order valence-electron chi connectivity index (χ1n) is 8.84. The maximum absolute atomic E-state index is 12.4. The number of amides is 1. The standard InChI is InChI=1S/C19H28N2O4/c1-4-20(12-19(23)24)16-7-9-21(10-8-16)18(22)13-25-17-6-5-14(2)11-15(17)3/h5-6,11,16H,4,7-10,12-13H2,1-3H3,(H,23,24). The number of piperidine rings is 1. The van der Waals surface area contributed by atoms with Crippen molar-refractivity contribution in [3.05, 3.63) is 29.3 Å². The minimum atomic E-state index is -0.803. The Morgan fingerprint density at radius 3 is 2.52 bits per heavy atom. The summed E-state index contributed by atoms with van der Waals surface area (Å²) in [6.45, 7) is 8.08. The Bertz CT molecular complexity index is 609. The van der Waals surface area contributed by atoms with E-state index in [1.165, 1.54) is 5.56 Å². The second-order valence-electron chi connectivity index (χ2n) is 6.63. The fourth-order valence-electron chi connectivity index (χ4n) is 3.35. The van der Waals surface area contributed by atoms with Crippen LogP contribution in [0.25, 0.3) is 0 Å². The van der Waals surface area contributed by atoms with Crippen molar-refractivity contribution in [2.75, 3.05) is 32.8 Å². The minimum absolute atomic E-state index is 0.0142. The van der Waals surface area contributed by atoms with Crippen LogP contribution in [0.3, 0.4) is 0 Å². The molecule has 6 nitrogen and oxygen atoms in total. The number of aryl methyl sites for hydroxylation is 2. The Balaban J connectivity index is 1.81. The highest BCUT2D eigenvalue weighted by molar-refractivity contribution is 5.78. The van der Waals surface area contributed by atoms with Gasteiger partial charge in [-0.3, -0.25) is 14.5 Å². The fourth-order valence-corrected chi connectivity index (χ4v) is 3.35. The Labute approximate surface area is 149 Å². The number of rotatable bonds is 7. The van der Waals surface area contributed by atoms with Crippen LogP contribution >= 0.6 is 0 Å². The lowest BCUT2D eigenvalue weighted by molar-refractivity contribution is -0.140. The molecule has 1 aromatic rings. The van der Waals surface area contributed by atoms with Gasteiger partial charge in [0.2, 0.25) is 0 Å². The topological polar surface area (TPSA) is 70.1 Å². The number of benzene rings is 1. The van der Waals surface area contributed by atoms with Crippen LogP contribution in [0.15, 0.2) is 18.2 Å². The molecular formula is C19H28N2O4. The van der Waals surface area contributed by atoms with Crippen molar-refractivity contribution < 1.29 is 19.4 Å². The summed E-state index contributed by atoms with van der Waals surface area (Å²) in [5.74, 6) is -0.0746. The van der Waals surface area contributed by atoms with Crippen LogP contribution in [0.5, 0.6) is 5.75 Å². The van der Waals surface area contributed by atoms with E-state index in [0.29, 0.717) is 19.6 Å². The van der Waals surface area contributed by atoms with Gasteiger partial charge in [0.25, 0.3) is 5.91 Å². The van der Waals surface area contributed by atoms with E-state index in [9.17, 15) is 9.59 Å². The molecular weight excluding hydrogens is 320 g/mol. The Morgan fingerprint density at radius 2 is 1.96 bits per heavy atom. The summed E-state index contributed by atoms with van der Waals surface area (Å²) in [5, 5.41) is 8.98. The average Bonchev–Trinajstić information content (AvgIpc) is 2.58. The summed E-state index contributed by atoms with van der Waals surface area (Å²) >= 11 is 0. The minimum Gasteiger partial charge on any atom is -0.484 e. The highest BCUT2D eigenvalue weighted by Crippen LogP contribution is 2.20. The lowest BCUT2D eigenvalue weighted by Crippen LogP contribution is -2.49. The molecule has 1 aliphatic rings. The van der Waals surface area contributed by atoms with Crippen molar-refractivity contribution in [1.82, 2.24) is 9.80 Å². The molecule has 0 radical (unpaired) electrons. The van der Waals surface area contributed by atoms with Gasteiger partial charge in [-0.05, 0) is 44.9 Å². The van der Waals surface area contributed by atoms with Crippen molar-refractivity contribution in [3.63, 3.8) is 0 Å². The summed E-state index contributed by atoms with van der Waals surface area (Å²) in [5.41, 5.74) is 2.19. The van der Waals surface area contributed by atoms with Gasteiger partial charge in [0.1, 0.15) is 5.75 Å². The molecule has 138 valence electrons. The molecule has 1 amide bonds. The van der Waals surface area contributed by atoms with E-state index in [-0.39, 0.29) is 25.1 Å². The predicted molar refractivity (Wildman–Crippen MR) is 95.9 cm³/mol. The molecule has 1 heterocycles. The smallest absolute Gasteiger partial charge is 0.317 e. The molecule has 0 saturated carbocycles. The van der Waals surface area contributed by atoms with Crippen molar-refractivity contribution in [2.45, 2.75) is 39.7 Å². The van der Waals surface area contributed by atoms with Crippen molar-refractivity contribution >= 4 is 11.9 Å². The number of hydrogen-bond acceptors (Lipinski definition) is 4. The Morgan fingerprint density at radius 1 is 1.28 bits per heavy atom. The third-order valence-electron chi connectivity index (χ3n) is 4.76. The summed E-state index contributed by atoms with van der Waals surface area (Å²) in [6.07, 6.45) is 1.60. The molecule has 1 saturated heterocycles. The van der Waals surface area contributed by atoms with E-state index in [0.717, 1.165) is 24.2 Å². The number of likely N-dealkylation sites (N-methyl/N-ethyl adjacent to an activating group) is 1. The number of carboxylic acid groups (broad SMARTS) is 1. The molecule has 6 heteroatoms. The zero-order valence-corrected chi connectivity index (χ0v) is 15.3. The van der Waals surface area contributed by atoms with Crippen LogP contribution in [-0.4, -0.2) is 65.6 Å². The monoisotopic (exact) mass is 348 g/mol. The molecule has 1 N–H and O–H groups in total. The first-order chi connectivity index (χ1) is 11.9. The zero-order valence-electron chi connectivity index (χ0n) is 15.3. The highest BCUT2D eigenvalue weighted by Gasteiger charge is 2.27. The van der Waals surface area contributed by atoms with Crippen LogP contribution in [0.1, 0.15) is 30.9 Å². The average molecular weight is 348 g/mol. The van der Waals surface area contributed by atoms with E-state index in [2.05, 4.69) is 0 Å². The maximum Gasteiger partial charge on any atom is 0.317 e. The molecule has 25 heavy (non-hydrogen) atoms. The van der Waals surface area contributed by atoms with Gasteiger partial charge in [0, 0.05) is 19.1 Å². The summed E-state index contributed by atoms with van der Waals surface area (Å²) in [4.78, 5) is 27.1. The van der Waals surface area contributed by atoms with Gasteiger partial charge in [-0.2, -0.15) is 0 Å². The van der Waals surface area contributed by atoms with Crippen LogP contribution in [0.4, 0.5) is 0 Å². The summed E-state index contributed by atoms with van der Waals surface area (Å²) in [6, 6.07) is 6.13. The second kappa shape index (κ2) is 8.85. The van der Waals surface area contributed by atoms with E-state index >= 15 is 0 Å². The van der Waals surface area contributed by atoms with Gasteiger partial charge in [0.15, 0.2) is 6.61 Å². The van der Waals surface area contributed by atoms with E-state index in [1.54, 1.807) is 0 Å². The number of carbonyl (C=O) groups is 2. The van der Waals surface area contributed by atoms with Gasteiger partial charge in [-0.25, -0.2) is 0 Å². The normalized spacial score (nSPS) is 15.4. The molecule has 0 aliphatic carbocycles. The number of hydrogen-bond donors (Lipinski definition) is 1. The van der Waals surface area contributed by atoms with Crippen molar-refractivity contribution in [3.8, 4) is 5.75 Å². The number of carboxylic acids is 1. The van der Waals surface area contributed by atoms with Crippen LogP contribution in [0.2, 0.25) is 0 Å². The predicted octanol–water partition coefficient (Wildman–Crippen LogP) is 2.08. The number of aliphatic carboxylic acids is 1. The molecule has 0 unspecified atom stereocenters. The van der Waals surface area contributed by atoms with Crippen LogP contribution in [0, 0.1) is 13.8 Å². The molecule has 2 rings (SSSR count). The Kier molecular flexibility index (Phi) is 6.82. The Hall–Kier alpha value is -2.08. The fraction of sp³-hybridized carbons (Fsp3) is 0.579. The zero-order chi connectivity index (χ0) is 18.4. The molecule has 0 aromatic heterocycles. The second-order valence-corrected chi connectivity index (χ2v) is 6.63. The summed E-state index contributed by atoms with van der Waals surface area (Å²) in [7, 11) is 0. The van der Waals surface area contributed by atoms with Gasteiger partial charge < -0.3 is 14.7 Å². The third kappa shape index (κ3) is 5.46. The van der Waals surface area contributed by atoms with Gasteiger partial charge >= 0.3 is 5.97 Å². The molecule has 1 aromatic carbocycles. The van der Waals surface area contributed by atoms with Crippen molar-refractivity contribution in [1.29, 1.82) is 0 Å². The largest absolute Gasteiger partial charge is 0.484 e. The summed E-state index contributed by atoms with van der Waals surface area (Å²) < 4.78 is 5.68. The number of nitrogens with zero attached hydrogens (tertiary/aromatic N) is 2. The number of ether oxygens (including phenoxy) is 1. The van der Waals surface area contributed by atoms with Gasteiger partial charge in [-0.15, -0.1) is 0 Å². The molecule has 0 spiro atoms. The lowest BCUT2D eigenvalue weighted by atomic mass is 10.0. The highest BCUT2D eigenvalue weighted by atomic mass is 16.5. The first kappa shape index (κ1) is 19.2. The van der Waals surface area contributed by atoms with Gasteiger partial charge in [0.05, 0.1) is 6.54 Å². The number of likely N-dealkylation sites (tertiary alicyclic amines) is 1. The van der Waals surface area contributed by atoms with E-state index in [1.807, 2.05) is 48.8 Å². The van der Waals surface area contributed by atoms with Crippen molar-refractivity contribution in [2.24, 2.45) is 0 Å². The maximum atomic E-state index is 12.4.